The summed E-state index contributed by atoms with van der Waals surface area (Å²) in [6, 6.07) is 3.86. The van der Waals surface area contributed by atoms with Crippen molar-refractivity contribution < 1.29 is 9.90 Å². The number of carbonyl (C=O) groups is 1. The molecule has 3 rings (SSSR count). The molecule has 5 nitrogen and oxygen atoms in total. The summed E-state index contributed by atoms with van der Waals surface area (Å²) in [5.74, 6) is -0.426. The van der Waals surface area contributed by atoms with Crippen LogP contribution in [0, 0.1) is 12.8 Å². The van der Waals surface area contributed by atoms with Gasteiger partial charge in [-0.15, -0.1) is 0 Å². The summed E-state index contributed by atoms with van der Waals surface area (Å²) in [5, 5.41) is 9.08. The summed E-state index contributed by atoms with van der Waals surface area (Å²) in [7, 11) is 0. The van der Waals surface area contributed by atoms with Gasteiger partial charge in [0.2, 0.25) is 0 Å². The topological polar surface area (TPSA) is 76.0 Å². The van der Waals surface area contributed by atoms with E-state index in [4.69, 9.17) is 5.11 Å². The number of aryl methyl sites for hydroxylation is 2. The number of rotatable bonds is 2. The monoisotopic (exact) mass is 269 g/mol. The molecule has 1 unspecified atom stereocenters. The van der Waals surface area contributed by atoms with Crippen LogP contribution in [0.4, 0.5) is 0 Å². The Morgan fingerprint density at radius 2 is 2.25 bits per heavy atom. The molecule has 20 heavy (non-hydrogen) atoms. The number of carboxylic acid groups (broad SMARTS) is 1. The zero-order valence-corrected chi connectivity index (χ0v) is 11.2. The second kappa shape index (κ2) is 5.00. The number of nitrogens with zero attached hydrogens (tertiary/aromatic N) is 3. The number of fused-ring (bicyclic) bond motifs is 1. The molecule has 2 aromatic heterocycles. The fraction of sp³-hybridized carbons (Fsp3) is 0.333. The number of hydrogen-bond acceptors (Lipinski definition) is 4. The van der Waals surface area contributed by atoms with Crippen molar-refractivity contribution in [2.75, 3.05) is 0 Å². The molecule has 0 saturated carbocycles. The first-order valence-electron chi connectivity index (χ1n) is 6.64. The van der Waals surface area contributed by atoms with Gasteiger partial charge in [-0.05, 0) is 43.4 Å². The lowest BCUT2D eigenvalue weighted by Crippen LogP contribution is -2.23. The maximum absolute atomic E-state index is 11.0. The highest BCUT2D eigenvalue weighted by Crippen LogP contribution is 2.26. The van der Waals surface area contributed by atoms with Gasteiger partial charge in [0, 0.05) is 18.1 Å². The standard InChI is InChI=1S/C15H15N3O2/c1-9-3-2-6-16-13(9)14-17-8-11-7-10(15(19)20)4-5-12(11)18-14/h2-3,6,8,10H,4-5,7H2,1H3,(H,19,20). The molecule has 0 spiro atoms. The van der Waals surface area contributed by atoms with Gasteiger partial charge in [0.05, 0.1) is 5.92 Å². The van der Waals surface area contributed by atoms with E-state index in [1.165, 1.54) is 0 Å². The van der Waals surface area contributed by atoms with Crippen LogP contribution < -0.4 is 0 Å². The van der Waals surface area contributed by atoms with Crippen LogP contribution in [0.25, 0.3) is 11.5 Å². The van der Waals surface area contributed by atoms with Gasteiger partial charge >= 0.3 is 5.97 Å². The average Bonchev–Trinajstić information content (AvgIpc) is 2.46. The van der Waals surface area contributed by atoms with Gasteiger partial charge in [-0.25, -0.2) is 9.97 Å². The van der Waals surface area contributed by atoms with Gasteiger partial charge < -0.3 is 5.11 Å². The zero-order valence-electron chi connectivity index (χ0n) is 11.2. The normalized spacial score (nSPS) is 17.6. The third kappa shape index (κ3) is 2.27. The lowest BCUT2D eigenvalue weighted by atomic mass is 9.87. The van der Waals surface area contributed by atoms with Crippen LogP contribution in [0.1, 0.15) is 23.2 Å². The Balaban J connectivity index is 1.96. The molecule has 2 aromatic rings. The van der Waals surface area contributed by atoms with Crippen molar-refractivity contribution in [2.45, 2.75) is 26.2 Å². The summed E-state index contributed by atoms with van der Waals surface area (Å²) >= 11 is 0. The summed E-state index contributed by atoms with van der Waals surface area (Å²) in [5.41, 5.74) is 3.72. The Labute approximate surface area is 116 Å². The highest BCUT2D eigenvalue weighted by molar-refractivity contribution is 5.71. The smallest absolute Gasteiger partial charge is 0.306 e. The molecule has 0 saturated heterocycles. The quantitative estimate of drug-likeness (QED) is 0.902. The number of pyridine rings is 1. The maximum atomic E-state index is 11.0. The number of carboxylic acids is 1. The molecule has 1 N–H and O–H groups in total. The molecule has 0 amide bonds. The first-order chi connectivity index (χ1) is 9.65. The third-order valence-electron chi connectivity index (χ3n) is 3.72. The lowest BCUT2D eigenvalue weighted by molar-refractivity contribution is -0.142. The van der Waals surface area contributed by atoms with E-state index in [9.17, 15) is 4.79 Å². The van der Waals surface area contributed by atoms with E-state index in [0.717, 1.165) is 22.5 Å². The largest absolute Gasteiger partial charge is 0.481 e. The highest BCUT2D eigenvalue weighted by atomic mass is 16.4. The van der Waals surface area contributed by atoms with Crippen molar-refractivity contribution in [3.63, 3.8) is 0 Å². The summed E-state index contributed by atoms with van der Waals surface area (Å²) in [6.45, 7) is 1.98. The summed E-state index contributed by atoms with van der Waals surface area (Å²) in [4.78, 5) is 24.3. The molecule has 0 aromatic carbocycles. The summed E-state index contributed by atoms with van der Waals surface area (Å²) in [6.07, 6.45) is 5.33. The maximum Gasteiger partial charge on any atom is 0.306 e. The summed E-state index contributed by atoms with van der Waals surface area (Å²) < 4.78 is 0. The van der Waals surface area contributed by atoms with Crippen LogP contribution in [0.5, 0.6) is 0 Å². The Hall–Kier alpha value is -2.30. The van der Waals surface area contributed by atoms with Crippen LogP contribution in [0.3, 0.4) is 0 Å². The molecular weight excluding hydrogens is 254 g/mol. The SMILES string of the molecule is Cc1cccnc1-c1ncc2c(n1)CCC(C(=O)O)C2. The van der Waals surface area contributed by atoms with Crippen LogP contribution in [0.15, 0.2) is 24.5 Å². The third-order valence-corrected chi connectivity index (χ3v) is 3.72. The van der Waals surface area contributed by atoms with Crippen molar-refractivity contribution in [3.8, 4) is 11.5 Å². The van der Waals surface area contributed by atoms with Crippen LogP contribution in [-0.2, 0) is 17.6 Å². The van der Waals surface area contributed by atoms with Gasteiger partial charge in [-0.3, -0.25) is 9.78 Å². The van der Waals surface area contributed by atoms with E-state index in [2.05, 4.69) is 15.0 Å². The van der Waals surface area contributed by atoms with Crippen molar-refractivity contribution in [1.29, 1.82) is 0 Å². The van der Waals surface area contributed by atoms with E-state index in [1.54, 1.807) is 12.4 Å². The van der Waals surface area contributed by atoms with Crippen molar-refractivity contribution in [1.82, 2.24) is 15.0 Å². The van der Waals surface area contributed by atoms with E-state index in [1.807, 2.05) is 19.1 Å². The minimum Gasteiger partial charge on any atom is -0.481 e. The second-order valence-corrected chi connectivity index (χ2v) is 5.11. The van der Waals surface area contributed by atoms with Gasteiger partial charge in [-0.1, -0.05) is 6.07 Å². The molecule has 0 aliphatic heterocycles. The molecule has 102 valence electrons. The van der Waals surface area contributed by atoms with Crippen LogP contribution in [-0.4, -0.2) is 26.0 Å². The van der Waals surface area contributed by atoms with E-state index in [0.29, 0.717) is 25.1 Å². The predicted octanol–water partition coefficient (Wildman–Crippen LogP) is 2.04. The van der Waals surface area contributed by atoms with Crippen LogP contribution >= 0.6 is 0 Å². The Bertz CT molecular complexity index is 670. The Morgan fingerprint density at radius 3 is 3.00 bits per heavy atom. The first-order valence-corrected chi connectivity index (χ1v) is 6.64. The molecule has 0 radical (unpaired) electrons. The number of hydrogen-bond donors (Lipinski definition) is 1. The number of aromatic nitrogens is 3. The van der Waals surface area contributed by atoms with Crippen molar-refractivity contribution in [2.24, 2.45) is 5.92 Å². The van der Waals surface area contributed by atoms with Gasteiger partial charge in [0.1, 0.15) is 5.69 Å². The van der Waals surface area contributed by atoms with Gasteiger partial charge in [0.15, 0.2) is 5.82 Å². The molecule has 5 heteroatoms. The lowest BCUT2D eigenvalue weighted by Gasteiger charge is -2.20. The molecular formula is C15H15N3O2. The van der Waals surface area contributed by atoms with E-state index >= 15 is 0 Å². The van der Waals surface area contributed by atoms with Crippen molar-refractivity contribution in [3.05, 3.63) is 41.3 Å². The molecule has 0 bridgehead atoms. The fourth-order valence-electron chi connectivity index (χ4n) is 2.55. The molecule has 1 atom stereocenters. The van der Waals surface area contributed by atoms with Gasteiger partial charge in [0.25, 0.3) is 0 Å². The average molecular weight is 269 g/mol. The molecule has 2 heterocycles. The van der Waals surface area contributed by atoms with Crippen LogP contribution in [0.2, 0.25) is 0 Å². The molecule has 0 fully saturated rings. The highest BCUT2D eigenvalue weighted by Gasteiger charge is 2.25. The number of aliphatic carboxylic acids is 1. The minimum atomic E-state index is -0.736. The van der Waals surface area contributed by atoms with E-state index < -0.39 is 5.97 Å². The predicted molar refractivity (Wildman–Crippen MR) is 73.2 cm³/mol. The first kappa shape index (κ1) is 12.7. The fourth-order valence-corrected chi connectivity index (χ4v) is 2.55. The second-order valence-electron chi connectivity index (χ2n) is 5.11. The van der Waals surface area contributed by atoms with Gasteiger partial charge in [-0.2, -0.15) is 0 Å². The zero-order chi connectivity index (χ0) is 14.1. The van der Waals surface area contributed by atoms with Crippen molar-refractivity contribution >= 4 is 5.97 Å². The molecule has 1 aliphatic rings. The van der Waals surface area contributed by atoms with E-state index in [-0.39, 0.29) is 5.92 Å². The minimum absolute atomic E-state index is 0.312. The Kier molecular flexibility index (Phi) is 3.18. The molecule has 1 aliphatic carbocycles. The Morgan fingerprint density at radius 1 is 1.40 bits per heavy atom.